The minimum Gasteiger partial charge on any atom is -0.339 e. The van der Waals surface area contributed by atoms with E-state index in [9.17, 15) is 4.79 Å². The Morgan fingerprint density at radius 1 is 1.33 bits per heavy atom. The molecule has 1 heterocycles. The third-order valence-corrected chi connectivity index (χ3v) is 2.39. The highest BCUT2D eigenvalue weighted by atomic mass is 32.1. The van der Waals surface area contributed by atoms with Gasteiger partial charge in [0, 0.05) is 26.2 Å². The molecule has 0 aromatic rings. The van der Waals surface area contributed by atoms with Crippen molar-refractivity contribution in [3.05, 3.63) is 0 Å². The lowest BCUT2D eigenvalue weighted by molar-refractivity contribution is -0.131. The Balaban J connectivity index is 2.39. The molecule has 0 spiro atoms. The number of thiol groups is 1. The Labute approximate surface area is 79.1 Å². The third kappa shape index (κ3) is 2.38. The maximum atomic E-state index is 11.4. The molecule has 1 atom stereocenters. The topological polar surface area (TPSA) is 23.6 Å². The lowest BCUT2D eigenvalue weighted by Crippen LogP contribution is -2.49. The zero-order valence-electron chi connectivity index (χ0n) is 7.66. The van der Waals surface area contributed by atoms with E-state index in [2.05, 4.69) is 24.6 Å². The van der Waals surface area contributed by atoms with Crippen molar-refractivity contribution >= 4 is 18.5 Å². The van der Waals surface area contributed by atoms with Gasteiger partial charge in [0.05, 0.1) is 5.25 Å². The van der Waals surface area contributed by atoms with Crippen LogP contribution in [0.2, 0.25) is 0 Å². The molecule has 4 heteroatoms. The fraction of sp³-hybridized carbons (Fsp3) is 0.875. The first kappa shape index (κ1) is 9.86. The van der Waals surface area contributed by atoms with Crippen molar-refractivity contribution in [1.29, 1.82) is 0 Å². The second-order valence-corrected chi connectivity index (χ2v) is 4.08. The van der Waals surface area contributed by atoms with E-state index in [0.29, 0.717) is 0 Å². The van der Waals surface area contributed by atoms with Crippen molar-refractivity contribution in [1.82, 2.24) is 9.80 Å². The molecule has 1 aliphatic rings. The number of hydrogen-bond acceptors (Lipinski definition) is 3. The van der Waals surface area contributed by atoms with E-state index in [1.807, 2.05) is 11.8 Å². The maximum Gasteiger partial charge on any atom is 0.235 e. The van der Waals surface area contributed by atoms with E-state index < -0.39 is 0 Å². The molecule has 0 aromatic heterocycles. The largest absolute Gasteiger partial charge is 0.339 e. The molecule has 1 rings (SSSR count). The summed E-state index contributed by atoms with van der Waals surface area (Å²) < 4.78 is 0. The van der Waals surface area contributed by atoms with Gasteiger partial charge in [0.25, 0.3) is 0 Å². The molecule has 0 radical (unpaired) electrons. The summed E-state index contributed by atoms with van der Waals surface area (Å²) in [6, 6.07) is 0. The zero-order chi connectivity index (χ0) is 9.14. The van der Waals surface area contributed by atoms with Crippen LogP contribution in [0.1, 0.15) is 6.92 Å². The molecule has 70 valence electrons. The van der Waals surface area contributed by atoms with Gasteiger partial charge in [-0.25, -0.2) is 0 Å². The molecule has 1 unspecified atom stereocenters. The number of nitrogens with zero attached hydrogens (tertiary/aromatic N) is 2. The van der Waals surface area contributed by atoms with Gasteiger partial charge in [-0.2, -0.15) is 12.6 Å². The van der Waals surface area contributed by atoms with Crippen LogP contribution < -0.4 is 0 Å². The zero-order valence-corrected chi connectivity index (χ0v) is 8.55. The fourth-order valence-corrected chi connectivity index (χ4v) is 1.45. The van der Waals surface area contributed by atoms with Crippen LogP contribution in [0.25, 0.3) is 0 Å². The normalized spacial score (nSPS) is 22.4. The van der Waals surface area contributed by atoms with Gasteiger partial charge in [-0.3, -0.25) is 4.79 Å². The number of rotatable bonds is 1. The highest BCUT2D eigenvalue weighted by Gasteiger charge is 2.21. The van der Waals surface area contributed by atoms with E-state index in [1.54, 1.807) is 0 Å². The summed E-state index contributed by atoms with van der Waals surface area (Å²) in [6.07, 6.45) is 0. The van der Waals surface area contributed by atoms with E-state index in [4.69, 9.17) is 0 Å². The standard InChI is InChI=1S/C8H16N2OS/c1-7(12)8(11)10-5-3-9(2)4-6-10/h7,12H,3-6H2,1-2H3. The second-order valence-electron chi connectivity index (χ2n) is 3.30. The lowest BCUT2D eigenvalue weighted by Gasteiger charge is -2.33. The SMILES string of the molecule is CC(S)C(=O)N1CCN(C)CC1. The van der Waals surface area contributed by atoms with Crippen molar-refractivity contribution in [3.8, 4) is 0 Å². The minimum absolute atomic E-state index is 0.159. The van der Waals surface area contributed by atoms with Crippen LogP contribution in [-0.2, 0) is 4.79 Å². The molecule has 12 heavy (non-hydrogen) atoms. The van der Waals surface area contributed by atoms with Gasteiger partial charge in [0.15, 0.2) is 0 Å². The van der Waals surface area contributed by atoms with E-state index in [0.717, 1.165) is 26.2 Å². The van der Waals surface area contributed by atoms with Gasteiger partial charge in [0.1, 0.15) is 0 Å². The molecule has 0 saturated carbocycles. The summed E-state index contributed by atoms with van der Waals surface area (Å²) in [6.45, 7) is 5.47. The maximum absolute atomic E-state index is 11.4. The fourth-order valence-electron chi connectivity index (χ4n) is 1.29. The van der Waals surface area contributed by atoms with Crippen LogP contribution in [-0.4, -0.2) is 54.2 Å². The monoisotopic (exact) mass is 188 g/mol. The smallest absolute Gasteiger partial charge is 0.235 e. The predicted molar refractivity (Wildman–Crippen MR) is 52.5 cm³/mol. The first-order valence-corrected chi connectivity index (χ1v) is 4.78. The van der Waals surface area contributed by atoms with Crippen LogP contribution in [0.5, 0.6) is 0 Å². The van der Waals surface area contributed by atoms with Crippen molar-refractivity contribution in [2.45, 2.75) is 12.2 Å². The summed E-state index contributed by atoms with van der Waals surface area (Å²) in [7, 11) is 2.08. The molecule has 0 aliphatic carbocycles. The number of amides is 1. The first-order valence-electron chi connectivity index (χ1n) is 4.26. The lowest BCUT2D eigenvalue weighted by atomic mass is 10.3. The summed E-state index contributed by atoms with van der Waals surface area (Å²) in [5.41, 5.74) is 0. The van der Waals surface area contributed by atoms with Gasteiger partial charge in [0.2, 0.25) is 5.91 Å². The summed E-state index contributed by atoms with van der Waals surface area (Å²) in [5, 5.41) is -0.159. The quantitative estimate of drug-likeness (QED) is 0.589. The first-order chi connectivity index (χ1) is 5.61. The molecule has 0 aromatic carbocycles. The Hall–Kier alpha value is -0.220. The summed E-state index contributed by atoms with van der Waals surface area (Å²) >= 11 is 4.12. The van der Waals surface area contributed by atoms with Crippen LogP contribution in [0.4, 0.5) is 0 Å². The Bertz CT molecular complexity index is 164. The summed E-state index contributed by atoms with van der Waals surface area (Å²) in [4.78, 5) is 15.6. The predicted octanol–water partition coefficient (Wildman–Crippen LogP) is 0.0787. The number of piperazine rings is 1. The van der Waals surface area contributed by atoms with Crippen molar-refractivity contribution in [3.63, 3.8) is 0 Å². The minimum atomic E-state index is -0.159. The van der Waals surface area contributed by atoms with Gasteiger partial charge >= 0.3 is 0 Å². The Morgan fingerprint density at radius 3 is 2.25 bits per heavy atom. The van der Waals surface area contributed by atoms with Crippen molar-refractivity contribution < 1.29 is 4.79 Å². The van der Waals surface area contributed by atoms with E-state index in [1.165, 1.54) is 0 Å². The number of hydrogen-bond donors (Lipinski definition) is 1. The van der Waals surface area contributed by atoms with Crippen molar-refractivity contribution in [2.24, 2.45) is 0 Å². The average Bonchev–Trinajstić information content (AvgIpc) is 2.04. The third-order valence-electron chi connectivity index (χ3n) is 2.17. The molecule has 0 bridgehead atoms. The molecule has 1 amide bonds. The van der Waals surface area contributed by atoms with Crippen LogP contribution in [0.15, 0.2) is 0 Å². The van der Waals surface area contributed by atoms with Crippen LogP contribution in [0, 0.1) is 0 Å². The molecular formula is C8H16N2OS. The molecule has 1 aliphatic heterocycles. The number of carbonyl (C=O) groups excluding carboxylic acids is 1. The van der Waals surface area contributed by atoms with Crippen LogP contribution >= 0.6 is 12.6 Å². The van der Waals surface area contributed by atoms with Gasteiger partial charge in [-0.15, -0.1) is 0 Å². The molecule has 1 fully saturated rings. The Kier molecular flexibility index (Phi) is 3.40. The van der Waals surface area contributed by atoms with Crippen LogP contribution in [0.3, 0.4) is 0 Å². The average molecular weight is 188 g/mol. The van der Waals surface area contributed by atoms with E-state index in [-0.39, 0.29) is 11.2 Å². The molecule has 0 N–H and O–H groups in total. The van der Waals surface area contributed by atoms with Gasteiger partial charge in [-0.1, -0.05) is 0 Å². The van der Waals surface area contributed by atoms with Gasteiger partial charge < -0.3 is 9.80 Å². The summed E-state index contributed by atoms with van der Waals surface area (Å²) in [5.74, 6) is 0.159. The Morgan fingerprint density at radius 2 is 1.83 bits per heavy atom. The highest BCUT2D eigenvalue weighted by molar-refractivity contribution is 7.81. The number of carbonyl (C=O) groups is 1. The van der Waals surface area contributed by atoms with E-state index >= 15 is 0 Å². The molecular weight excluding hydrogens is 172 g/mol. The number of likely N-dealkylation sites (N-methyl/N-ethyl adjacent to an activating group) is 1. The highest BCUT2D eigenvalue weighted by Crippen LogP contribution is 2.04. The second kappa shape index (κ2) is 4.14. The van der Waals surface area contributed by atoms with Gasteiger partial charge in [-0.05, 0) is 14.0 Å². The molecule has 3 nitrogen and oxygen atoms in total. The van der Waals surface area contributed by atoms with Crippen molar-refractivity contribution in [2.75, 3.05) is 33.2 Å². The molecule has 1 saturated heterocycles.